The predicted molar refractivity (Wildman–Crippen MR) is 66.8 cm³/mol. The molecule has 0 saturated carbocycles. The number of aryl methyl sites for hydroxylation is 1. The minimum Gasteiger partial charge on any atom is -0.360 e. The molecule has 0 radical (unpaired) electrons. The third-order valence-electron chi connectivity index (χ3n) is 2.73. The summed E-state index contributed by atoms with van der Waals surface area (Å²) in [4.78, 5) is 15.2. The number of rotatable bonds is 3. The van der Waals surface area contributed by atoms with Crippen LogP contribution in [0.1, 0.15) is 36.2 Å². The zero-order valence-corrected chi connectivity index (χ0v) is 10.0. The van der Waals surface area contributed by atoms with Gasteiger partial charge in [-0.1, -0.05) is 26.0 Å². The average molecular weight is 215 g/mol. The van der Waals surface area contributed by atoms with Gasteiger partial charge in [0.1, 0.15) is 0 Å². The SMILES string of the molecule is Cc1ccc2c(C(=O)CC(C)C)c[nH]c2c1. The van der Waals surface area contributed by atoms with Crippen molar-refractivity contribution in [1.82, 2.24) is 4.98 Å². The van der Waals surface area contributed by atoms with Crippen molar-refractivity contribution < 1.29 is 4.79 Å². The highest BCUT2D eigenvalue weighted by atomic mass is 16.1. The van der Waals surface area contributed by atoms with Gasteiger partial charge in [0.15, 0.2) is 5.78 Å². The van der Waals surface area contributed by atoms with E-state index in [1.165, 1.54) is 5.56 Å². The summed E-state index contributed by atoms with van der Waals surface area (Å²) >= 11 is 0. The Morgan fingerprint density at radius 3 is 2.81 bits per heavy atom. The van der Waals surface area contributed by atoms with Gasteiger partial charge < -0.3 is 4.98 Å². The number of aromatic amines is 1. The molecule has 84 valence electrons. The Bertz CT molecular complexity index is 523. The first-order chi connectivity index (χ1) is 7.58. The van der Waals surface area contributed by atoms with E-state index in [1.807, 2.05) is 18.3 Å². The zero-order chi connectivity index (χ0) is 11.7. The Hall–Kier alpha value is -1.57. The van der Waals surface area contributed by atoms with E-state index in [0.29, 0.717) is 12.3 Å². The molecule has 0 spiro atoms. The molecule has 0 aliphatic heterocycles. The highest BCUT2D eigenvalue weighted by Gasteiger charge is 2.12. The number of benzene rings is 1. The summed E-state index contributed by atoms with van der Waals surface area (Å²) in [6, 6.07) is 6.14. The van der Waals surface area contributed by atoms with Gasteiger partial charge in [-0.25, -0.2) is 0 Å². The quantitative estimate of drug-likeness (QED) is 0.778. The van der Waals surface area contributed by atoms with Crippen molar-refractivity contribution >= 4 is 16.7 Å². The Morgan fingerprint density at radius 1 is 1.38 bits per heavy atom. The second kappa shape index (κ2) is 4.12. The number of hydrogen-bond acceptors (Lipinski definition) is 1. The van der Waals surface area contributed by atoms with Crippen molar-refractivity contribution in [2.45, 2.75) is 27.2 Å². The molecule has 0 unspecified atom stereocenters. The van der Waals surface area contributed by atoms with Crippen molar-refractivity contribution in [3.05, 3.63) is 35.5 Å². The summed E-state index contributed by atoms with van der Waals surface area (Å²) in [6.07, 6.45) is 2.44. The Balaban J connectivity index is 2.42. The number of carbonyl (C=O) groups excluding carboxylic acids is 1. The Labute approximate surface area is 95.7 Å². The van der Waals surface area contributed by atoms with Crippen LogP contribution in [0.15, 0.2) is 24.4 Å². The summed E-state index contributed by atoms with van der Waals surface area (Å²) in [6.45, 7) is 6.18. The number of fused-ring (bicyclic) bond motifs is 1. The molecule has 0 aliphatic rings. The molecule has 2 aromatic rings. The van der Waals surface area contributed by atoms with E-state index in [9.17, 15) is 4.79 Å². The summed E-state index contributed by atoms with van der Waals surface area (Å²) in [7, 11) is 0. The molecule has 1 N–H and O–H groups in total. The number of carbonyl (C=O) groups is 1. The minimum atomic E-state index is 0.227. The summed E-state index contributed by atoms with van der Waals surface area (Å²) < 4.78 is 0. The lowest BCUT2D eigenvalue weighted by atomic mass is 10.0. The molecule has 2 nitrogen and oxygen atoms in total. The van der Waals surface area contributed by atoms with Crippen LogP contribution in [0.4, 0.5) is 0 Å². The van der Waals surface area contributed by atoms with E-state index >= 15 is 0 Å². The first-order valence-electron chi connectivity index (χ1n) is 5.69. The van der Waals surface area contributed by atoms with Gasteiger partial charge in [-0.05, 0) is 24.5 Å². The first kappa shape index (κ1) is 10.9. The molecule has 0 aliphatic carbocycles. The van der Waals surface area contributed by atoms with Crippen LogP contribution in [0.2, 0.25) is 0 Å². The lowest BCUT2D eigenvalue weighted by Gasteiger charge is -2.02. The van der Waals surface area contributed by atoms with E-state index in [2.05, 4.69) is 31.8 Å². The molecule has 16 heavy (non-hydrogen) atoms. The average Bonchev–Trinajstić information content (AvgIpc) is 2.59. The molecule has 0 amide bonds. The minimum absolute atomic E-state index is 0.227. The van der Waals surface area contributed by atoms with Crippen LogP contribution < -0.4 is 0 Å². The van der Waals surface area contributed by atoms with Gasteiger partial charge >= 0.3 is 0 Å². The number of aromatic nitrogens is 1. The fourth-order valence-electron chi connectivity index (χ4n) is 1.95. The van der Waals surface area contributed by atoms with Gasteiger partial charge in [-0.15, -0.1) is 0 Å². The van der Waals surface area contributed by atoms with Crippen LogP contribution in [0.5, 0.6) is 0 Å². The maximum atomic E-state index is 12.0. The van der Waals surface area contributed by atoms with Gasteiger partial charge in [-0.2, -0.15) is 0 Å². The van der Waals surface area contributed by atoms with E-state index in [4.69, 9.17) is 0 Å². The van der Waals surface area contributed by atoms with E-state index in [0.717, 1.165) is 16.5 Å². The van der Waals surface area contributed by atoms with Gasteiger partial charge in [0.2, 0.25) is 0 Å². The smallest absolute Gasteiger partial charge is 0.165 e. The van der Waals surface area contributed by atoms with Crippen LogP contribution in [0.3, 0.4) is 0 Å². The topological polar surface area (TPSA) is 32.9 Å². The van der Waals surface area contributed by atoms with Crippen molar-refractivity contribution in [3.63, 3.8) is 0 Å². The van der Waals surface area contributed by atoms with Gasteiger partial charge in [0.25, 0.3) is 0 Å². The zero-order valence-electron chi connectivity index (χ0n) is 10.0. The molecule has 1 aromatic carbocycles. The highest BCUT2D eigenvalue weighted by molar-refractivity contribution is 6.07. The number of ketones is 1. The maximum Gasteiger partial charge on any atom is 0.165 e. The molecule has 0 atom stereocenters. The number of nitrogens with one attached hydrogen (secondary N) is 1. The number of H-pyrrole nitrogens is 1. The number of Topliss-reactive ketones (excluding diaryl/α,β-unsaturated/α-hetero) is 1. The van der Waals surface area contributed by atoms with E-state index in [1.54, 1.807) is 0 Å². The lowest BCUT2D eigenvalue weighted by molar-refractivity contribution is 0.0969. The second-order valence-electron chi connectivity index (χ2n) is 4.77. The predicted octanol–water partition coefficient (Wildman–Crippen LogP) is 3.71. The molecular formula is C14H17NO. The molecule has 1 aromatic heterocycles. The van der Waals surface area contributed by atoms with Gasteiger partial charge in [0, 0.05) is 29.1 Å². The summed E-state index contributed by atoms with van der Waals surface area (Å²) in [5.41, 5.74) is 3.08. The van der Waals surface area contributed by atoms with Gasteiger partial charge in [0.05, 0.1) is 0 Å². The second-order valence-corrected chi connectivity index (χ2v) is 4.77. The summed E-state index contributed by atoms with van der Waals surface area (Å²) in [5, 5.41) is 1.04. The van der Waals surface area contributed by atoms with Crippen molar-refractivity contribution in [2.75, 3.05) is 0 Å². The monoisotopic (exact) mass is 215 g/mol. The van der Waals surface area contributed by atoms with Crippen molar-refractivity contribution in [2.24, 2.45) is 5.92 Å². The molecule has 0 fully saturated rings. The van der Waals surface area contributed by atoms with Crippen LogP contribution in [-0.2, 0) is 0 Å². The van der Waals surface area contributed by atoms with Crippen molar-refractivity contribution in [1.29, 1.82) is 0 Å². The van der Waals surface area contributed by atoms with E-state index < -0.39 is 0 Å². The molecule has 0 saturated heterocycles. The lowest BCUT2D eigenvalue weighted by Crippen LogP contribution is -2.02. The standard InChI is InChI=1S/C14H17NO/c1-9(2)6-14(16)12-8-15-13-7-10(3)4-5-11(12)13/h4-5,7-9,15H,6H2,1-3H3. The first-order valence-corrected chi connectivity index (χ1v) is 5.69. The van der Waals surface area contributed by atoms with E-state index in [-0.39, 0.29) is 5.78 Å². The highest BCUT2D eigenvalue weighted by Crippen LogP contribution is 2.21. The Kier molecular flexibility index (Phi) is 2.82. The van der Waals surface area contributed by atoms with Gasteiger partial charge in [-0.3, -0.25) is 4.79 Å². The van der Waals surface area contributed by atoms with Crippen LogP contribution in [-0.4, -0.2) is 10.8 Å². The third-order valence-corrected chi connectivity index (χ3v) is 2.73. The third kappa shape index (κ3) is 2.01. The van der Waals surface area contributed by atoms with Crippen LogP contribution in [0, 0.1) is 12.8 Å². The molecule has 0 bridgehead atoms. The fourth-order valence-corrected chi connectivity index (χ4v) is 1.95. The maximum absolute atomic E-state index is 12.0. The number of hydrogen-bond donors (Lipinski definition) is 1. The summed E-state index contributed by atoms with van der Waals surface area (Å²) in [5.74, 6) is 0.632. The van der Waals surface area contributed by atoms with Crippen LogP contribution in [0.25, 0.3) is 10.9 Å². The van der Waals surface area contributed by atoms with Crippen LogP contribution >= 0.6 is 0 Å². The molecule has 2 rings (SSSR count). The molecular weight excluding hydrogens is 198 g/mol. The fraction of sp³-hybridized carbons (Fsp3) is 0.357. The molecule has 2 heteroatoms. The Morgan fingerprint density at radius 2 is 2.12 bits per heavy atom. The largest absolute Gasteiger partial charge is 0.360 e. The molecule has 1 heterocycles. The normalized spacial score (nSPS) is 11.2. The van der Waals surface area contributed by atoms with Crippen molar-refractivity contribution in [3.8, 4) is 0 Å².